The summed E-state index contributed by atoms with van der Waals surface area (Å²) in [5.41, 5.74) is 1.27. The fourth-order valence-corrected chi connectivity index (χ4v) is 3.45. The van der Waals surface area contributed by atoms with E-state index >= 15 is 0 Å². The van der Waals surface area contributed by atoms with Gasteiger partial charge in [0.1, 0.15) is 11.5 Å². The van der Waals surface area contributed by atoms with Gasteiger partial charge in [0.15, 0.2) is 0 Å². The molecule has 2 fully saturated rings. The molecule has 0 aliphatic carbocycles. The third kappa shape index (κ3) is 3.66. The Kier molecular flexibility index (Phi) is 4.95. The molecule has 0 aromatic carbocycles. The molecule has 5 heteroatoms. The third-order valence-electron chi connectivity index (χ3n) is 4.63. The summed E-state index contributed by atoms with van der Waals surface area (Å²) >= 11 is 0. The predicted octanol–water partition coefficient (Wildman–Crippen LogP) is 1.21. The van der Waals surface area contributed by atoms with Gasteiger partial charge in [-0.15, -0.1) is 0 Å². The summed E-state index contributed by atoms with van der Waals surface area (Å²) in [6.07, 6.45) is 1.27. The van der Waals surface area contributed by atoms with E-state index in [4.69, 9.17) is 9.15 Å². The average molecular weight is 293 g/mol. The lowest BCUT2D eigenvalue weighted by Crippen LogP contribution is -2.44. The van der Waals surface area contributed by atoms with Crippen molar-refractivity contribution in [2.45, 2.75) is 32.5 Å². The van der Waals surface area contributed by atoms with Gasteiger partial charge in [0, 0.05) is 44.3 Å². The predicted molar refractivity (Wildman–Crippen MR) is 82.3 cm³/mol. The molecular weight excluding hydrogens is 266 g/mol. The molecule has 2 aliphatic rings. The van der Waals surface area contributed by atoms with E-state index in [-0.39, 0.29) is 0 Å². The molecule has 1 aromatic heterocycles. The fourth-order valence-electron chi connectivity index (χ4n) is 3.45. The monoisotopic (exact) mass is 293 g/mol. The highest BCUT2D eigenvalue weighted by Crippen LogP contribution is 2.21. The number of morpholine rings is 1. The Labute approximate surface area is 127 Å². The second-order valence-electron chi connectivity index (χ2n) is 6.15. The highest BCUT2D eigenvalue weighted by molar-refractivity contribution is 5.20. The second kappa shape index (κ2) is 6.92. The van der Waals surface area contributed by atoms with Crippen molar-refractivity contribution in [3.63, 3.8) is 0 Å². The van der Waals surface area contributed by atoms with Gasteiger partial charge in [-0.25, -0.2) is 0 Å². The number of furan rings is 1. The van der Waals surface area contributed by atoms with E-state index in [1.807, 2.05) is 7.05 Å². The van der Waals surface area contributed by atoms with Gasteiger partial charge in [0.05, 0.1) is 19.8 Å². The van der Waals surface area contributed by atoms with Crippen LogP contribution in [0.2, 0.25) is 0 Å². The largest absolute Gasteiger partial charge is 0.465 e. The SMILES string of the molecule is CNCc1cc(CN2CCC(N3CCOCC3)C2)oc1C. The Morgan fingerprint density at radius 3 is 2.86 bits per heavy atom. The first-order chi connectivity index (χ1) is 10.3. The van der Waals surface area contributed by atoms with Crippen LogP contribution in [0.3, 0.4) is 0 Å². The highest BCUT2D eigenvalue weighted by Gasteiger charge is 2.29. The minimum atomic E-state index is 0.696. The van der Waals surface area contributed by atoms with Gasteiger partial charge in [-0.05, 0) is 26.5 Å². The summed E-state index contributed by atoms with van der Waals surface area (Å²) in [5.74, 6) is 2.14. The Balaban J connectivity index is 1.53. The van der Waals surface area contributed by atoms with Crippen molar-refractivity contribution < 1.29 is 9.15 Å². The first-order valence-electron chi connectivity index (χ1n) is 8.03. The van der Waals surface area contributed by atoms with Crippen molar-refractivity contribution in [1.29, 1.82) is 0 Å². The minimum absolute atomic E-state index is 0.696. The van der Waals surface area contributed by atoms with Crippen LogP contribution in [0.25, 0.3) is 0 Å². The summed E-state index contributed by atoms with van der Waals surface area (Å²) in [7, 11) is 1.97. The second-order valence-corrected chi connectivity index (χ2v) is 6.15. The van der Waals surface area contributed by atoms with E-state index in [0.29, 0.717) is 6.04 Å². The topological polar surface area (TPSA) is 40.9 Å². The molecular formula is C16H27N3O2. The molecule has 0 amide bonds. The zero-order valence-electron chi connectivity index (χ0n) is 13.2. The first kappa shape index (κ1) is 15.0. The maximum atomic E-state index is 5.89. The number of hydrogen-bond donors (Lipinski definition) is 1. The van der Waals surface area contributed by atoms with Crippen LogP contribution in [0, 0.1) is 6.92 Å². The normalized spacial score (nSPS) is 24.8. The Morgan fingerprint density at radius 2 is 2.10 bits per heavy atom. The standard InChI is InChI=1S/C16H27N3O2/c1-13-14(10-17-2)9-16(21-13)12-18-4-3-15(11-18)19-5-7-20-8-6-19/h9,15,17H,3-8,10-12H2,1-2H3. The minimum Gasteiger partial charge on any atom is -0.465 e. The Hall–Kier alpha value is -0.880. The van der Waals surface area contributed by atoms with Crippen molar-refractivity contribution in [3.8, 4) is 0 Å². The number of ether oxygens (including phenoxy) is 1. The Bertz CT molecular complexity index is 454. The average Bonchev–Trinajstić information content (AvgIpc) is 3.08. The van der Waals surface area contributed by atoms with Crippen LogP contribution in [0.4, 0.5) is 0 Å². The first-order valence-corrected chi connectivity index (χ1v) is 8.03. The van der Waals surface area contributed by atoms with Gasteiger partial charge >= 0.3 is 0 Å². The molecule has 1 atom stereocenters. The highest BCUT2D eigenvalue weighted by atomic mass is 16.5. The lowest BCUT2D eigenvalue weighted by molar-refractivity contribution is 0.0182. The molecule has 0 saturated carbocycles. The maximum absolute atomic E-state index is 5.89. The number of nitrogens with zero attached hydrogens (tertiary/aromatic N) is 2. The van der Waals surface area contributed by atoms with Crippen LogP contribution < -0.4 is 5.32 Å². The summed E-state index contributed by atoms with van der Waals surface area (Å²) < 4.78 is 11.3. The molecule has 0 radical (unpaired) electrons. The lowest BCUT2D eigenvalue weighted by Gasteiger charge is -2.32. The zero-order chi connectivity index (χ0) is 14.7. The molecule has 21 heavy (non-hydrogen) atoms. The van der Waals surface area contributed by atoms with Crippen molar-refractivity contribution in [2.75, 3.05) is 46.4 Å². The molecule has 1 unspecified atom stereocenters. The molecule has 3 heterocycles. The van der Waals surface area contributed by atoms with Gasteiger partial charge in [0.2, 0.25) is 0 Å². The lowest BCUT2D eigenvalue weighted by atomic mass is 10.2. The maximum Gasteiger partial charge on any atom is 0.118 e. The molecule has 1 N–H and O–H groups in total. The van der Waals surface area contributed by atoms with Crippen LogP contribution in [-0.4, -0.2) is 62.3 Å². The summed E-state index contributed by atoms with van der Waals surface area (Å²) in [5, 5.41) is 3.19. The molecule has 0 bridgehead atoms. The number of nitrogens with one attached hydrogen (secondary N) is 1. The van der Waals surface area contributed by atoms with Crippen molar-refractivity contribution in [3.05, 3.63) is 23.2 Å². The van der Waals surface area contributed by atoms with Gasteiger partial charge in [-0.2, -0.15) is 0 Å². The number of aryl methyl sites for hydroxylation is 1. The molecule has 2 aliphatic heterocycles. The molecule has 118 valence electrons. The van der Waals surface area contributed by atoms with E-state index in [9.17, 15) is 0 Å². The summed E-state index contributed by atoms with van der Waals surface area (Å²) in [6.45, 7) is 10.1. The van der Waals surface area contributed by atoms with Crippen LogP contribution in [0.1, 0.15) is 23.5 Å². The molecule has 1 aromatic rings. The smallest absolute Gasteiger partial charge is 0.118 e. The van der Waals surface area contributed by atoms with E-state index in [2.05, 4.69) is 28.1 Å². The molecule has 5 nitrogen and oxygen atoms in total. The fraction of sp³-hybridized carbons (Fsp3) is 0.750. The van der Waals surface area contributed by atoms with Crippen LogP contribution in [-0.2, 0) is 17.8 Å². The van der Waals surface area contributed by atoms with Crippen molar-refractivity contribution in [1.82, 2.24) is 15.1 Å². The van der Waals surface area contributed by atoms with E-state index in [1.165, 1.54) is 18.5 Å². The molecule has 2 saturated heterocycles. The van der Waals surface area contributed by atoms with Crippen LogP contribution in [0.5, 0.6) is 0 Å². The van der Waals surface area contributed by atoms with Gasteiger partial charge in [-0.3, -0.25) is 9.80 Å². The van der Waals surface area contributed by atoms with Crippen LogP contribution in [0.15, 0.2) is 10.5 Å². The zero-order valence-corrected chi connectivity index (χ0v) is 13.2. The summed E-state index contributed by atoms with van der Waals surface area (Å²) in [4.78, 5) is 5.10. The third-order valence-corrected chi connectivity index (χ3v) is 4.63. The van der Waals surface area contributed by atoms with Gasteiger partial charge in [0.25, 0.3) is 0 Å². The van der Waals surface area contributed by atoms with E-state index in [0.717, 1.165) is 57.5 Å². The van der Waals surface area contributed by atoms with Crippen LogP contribution >= 0.6 is 0 Å². The van der Waals surface area contributed by atoms with Crippen molar-refractivity contribution >= 4 is 0 Å². The van der Waals surface area contributed by atoms with E-state index < -0.39 is 0 Å². The number of rotatable bonds is 5. The Morgan fingerprint density at radius 1 is 1.29 bits per heavy atom. The molecule has 0 spiro atoms. The summed E-state index contributed by atoms with van der Waals surface area (Å²) in [6, 6.07) is 2.90. The van der Waals surface area contributed by atoms with E-state index in [1.54, 1.807) is 0 Å². The number of likely N-dealkylation sites (tertiary alicyclic amines) is 1. The molecule has 3 rings (SSSR count). The van der Waals surface area contributed by atoms with Gasteiger partial charge < -0.3 is 14.5 Å². The quantitative estimate of drug-likeness (QED) is 0.884. The number of hydrogen-bond acceptors (Lipinski definition) is 5. The van der Waals surface area contributed by atoms with Gasteiger partial charge in [-0.1, -0.05) is 0 Å². The van der Waals surface area contributed by atoms with Crippen molar-refractivity contribution in [2.24, 2.45) is 0 Å².